The molecular weight excluding hydrogens is 361 g/mol. The van der Waals surface area contributed by atoms with E-state index < -0.39 is 12.7 Å². The number of carbonyl (C=O) groups excluding carboxylic acids is 1. The average Bonchev–Trinajstić information content (AvgIpc) is 3.06. The molecule has 0 heterocycles. The summed E-state index contributed by atoms with van der Waals surface area (Å²) in [6, 6.07) is 13.9. The van der Waals surface area contributed by atoms with Crippen LogP contribution >= 0.6 is 11.8 Å². The molecule has 1 aliphatic carbocycles. The van der Waals surface area contributed by atoms with Crippen molar-refractivity contribution in [1.82, 2.24) is 0 Å². The number of nitrogens with two attached hydrogens (primary N) is 1. The van der Waals surface area contributed by atoms with E-state index in [1.165, 1.54) is 11.8 Å². The summed E-state index contributed by atoms with van der Waals surface area (Å²) in [4.78, 5) is 13.4. The Morgan fingerprint density at radius 2 is 2.11 bits per heavy atom. The summed E-state index contributed by atoms with van der Waals surface area (Å²) in [5, 5.41) is 12.4. The van der Waals surface area contributed by atoms with Crippen molar-refractivity contribution in [3.05, 3.63) is 70.4 Å². The number of Topliss-reactive ketones (excluding diaryl/α,β-unsaturated/α-hetero) is 1. The Bertz CT molecular complexity index is 949. The molecule has 0 saturated heterocycles. The van der Waals surface area contributed by atoms with Crippen molar-refractivity contribution in [2.45, 2.75) is 30.5 Å². The van der Waals surface area contributed by atoms with Gasteiger partial charge in [0, 0.05) is 28.3 Å². The lowest BCUT2D eigenvalue weighted by Crippen LogP contribution is -2.20. The van der Waals surface area contributed by atoms with Gasteiger partial charge in [0.05, 0.1) is 17.7 Å². The molecule has 2 aromatic carbocycles. The second-order valence-corrected chi connectivity index (χ2v) is 7.17. The highest BCUT2D eigenvalue weighted by Crippen LogP contribution is 2.36. The summed E-state index contributed by atoms with van der Waals surface area (Å²) >= 11 is 1.50. The monoisotopic (exact) mass is 381 g/mol. The van der Waals surface area contributed by atoms with Gasteiger partial charge in [-0.3, -0.25) is 4.79 Å². The van der Waals surface area contributed by atoms with Crippen molar-refractivity contribution in [2.24, 2.45) is 5.73 Å². The molecule has 0 amide bonds. The van der Waals surface area contributed by atoms with E-state index in [1.54, 1.807) is 30.3 Å². The van der Waals surface area contributed by atoms with Gasteiger partial charge in [0.2, 0.25) is 0 Å². The van der Waals surface area contributed by atoms with Crippen LogP contribution in [-0.2, 0) is 11.5 Å². The van der Waals surface area contributed by atoms with E-state index in [1.807, 2.05) is 18.4 Å². The molecule has 1 atom stereocenters. The Labute approximate surface area is 162 Å². The van der Waals surface area contributed by atoms with Crippen LogP contribution in [0.25, 0.3) is 0 Å². The Morgan fingerprint density at radius 1 is 1.30 bits per heavy atom. The highest BCUT2D eigenvalue weighted by molar-refractivity contribution is 7.98. The maximum absolute atomic E-state index is 12.9. The molecule has 0 aromatic heterocycles. The number of carbonyl (C=O) groups is 1. The first kappa shape index (κ1) is 19.2. The van der Waals surface area contributed by atoms with Crippen LogP contribution in [0.5, 0.6) is 0 Å². The second-order valence-electron chi connectivity index (χ2n) is 6.32. The molecule has 0 aliphatic heterocycles. The third-order valence-electron chi connectivity index (χ3n) is 4.61. The largest absolute Gasteiger partial charge is 0.358 e. The van der Waals surface area contributed by atoms with E-state index >= 15 is 0 Å². The minimum absolute atomic E-state index is 0.0167. The van der Waals surface area contributed by atoms with Crippen molar-refractivity contribution in [3.8, 4) is 6.07 Å². The molecule has 3 rings (SSSR count). The third-order valence-corrected chi connectivity index (χ3v) is 5.41. The van der Waals surface area contributed by atoms with Gasteiger partial charge in [-0.25, -0.2) is 4.39 Å². The number of nitriles is 1. The van der Waals surface area contributed by atoms with Crippen LogP contribution in [0.1, 0.15) is 35.6 Å². The van der Waals surface area contributed by atoms with Gasteiger partial charge in [-0.15, -0.1) is 11.8 Å². The van der Waals surface area contributed by atoms with Gasteiger partial charge >= 0.3 is 0 Å². The van der Waals surface area contributed by atoms with Crippen LogP contribution in [0.4, 0.5) is 10.1 Å². The van der Waals surface area contributed by atoms with Crippen LogP contribution < -0.4 is 11.1 Å². The van der Waals surface area contributed by atoms with Gasteiger partial charge in [0.15, 0.2) is 5.78 Å². The lowest BCUT2D eigenvalue weighted by Gasteiger charge is -2.19. The molecule has 0 radical (unpaired) electrons. The van der Waals surface area contributed by atoms with E-state index in [0.29, 0.717) is 29.5 Å². The Morgan fingerprint density at radius 3 is 2.81 bits per heavy atom. The summed E-state index contributed by atoms with van der Waals surface area (Å²) in [6.07, 6.45) is 2.89. The minimum Gasteiger partial charge on any atom is -0.358 e. The van der Waals surface area contributed by atoms with Crippen LogP contribution in [0.2, 0.25) is 0 Å². The Kier molecular flexibility index (Phi) is 5.94. The van der Waals surface area contributed by atoms with Gasteiger partial charge in [-0.2, -0.15) is 5.26 Å². The number of ketones is 1. The maximum atomic E-state index is 12.9. The van der Waals surface area contributed by atoms with Gasteiger partial charge in [-0.05, 0) is 48.1 Å². The number of halogens is 1. The zero-order chi connectivity index (χ0) is 19.4. The number of nitrogens with zero attached hydrogens (tertiary/aromatic N) is 1. The minimum atomic E-state index is -0.581. The maximum Gasteiger partial charge on any atom is 0.162 e. The quantitative estimate of drug-likeness (QED) is 0.722. The molecule has 0 bridgehead atoms. The fourth-order valence-corrected chi connectivity index (χ4v) is 3.94. The number of alkyl halides is 1. The number of rotatable bonds is 6. The van der Waals surface area contributed by atoms with E-state index in [0.717, 1.165) is 21.8 Å². The van der Waals surface area contributed by atoms with E-state index in [2.05, 4.69) is 11.4 Å². The predicted molar refractivity (Wildman–Crippen MR) is 106 cm³/mol. The molecule has 0 saturated carbocycles. The van der Waals surface area contributed by atoms with Crippen LogP contribution in [0.15, 0.2) is 58.6 Å². The highest BCUT2D eigenvalue weighted by atomic mass is 32.2. The van der Waals surface area contributed by atoms with Gasteiger partial charge in [0.1, 0.15) is 6.67 Å². The summed E-state index contributed by atoms with van der Waals surface area (Å²) in [6.45, 7) is -0.539. The normalized spacial score (nSPS) is 15.0. The van der Waals surface area contributed by atoms with Crippen LogP contribution in [-0.4, -0.2) is 12.0 Å². The number of allylic oxidation sites excluding steroid dienone is 1. The molecule has 6 heteroatoms. The molecule has 0 fully saturated rings. The van der Waals surface area contributed by atoms with E-state index in [4.69, 9.17) is 11.0 Å². The molecule has 27 heavy (non-hydrogen) atoms. The van der Waals surface area contributed by atoms with E-state index in [-0.39, 0.29) is 5.78 Å². The number of hydrogen-bond acceptors (Lipinski definition) is 5. The van der Waals surface area contributed by atoms with Crippen molar-refractivity contribution in [2.75, 3.05) is 11.6 Å². The first-order chi connectivity index (χ1) is 13.1. The predicted octanol–water partition coefficient (Wildman–Crippen LogP) is 4.48. The average molecular weight is 381 g/mol. The molecule has 3 N–H and O–H groups in total. The van der Waals surface area contributed by atoms with Crippen molar-refractivity contribution in [1.29, 1.82) is 5.26 Å². The summed E-state index contributed by atoms with van der Waals surface area (Å²) in [7, 11) is 0. The number of nitrogens with one attached hydrogen (secondary N) is 1. The lowest BCUT2D eigenvalue weighted by atomic mass is 9.96. The Balaban J connectivity index is 1.97. The van der Waals surface area contributed by atoms with E-state index in [9.17, 15) is 9.18 Å². The first-order valence-electron chi connectivity index (χ1n) is 8.59. The molecule has 1 aliphatic rings. The molecule has 4 nitrogen and oxygen atoms in total. The molecule has 0 spiro atoms. The molecular formula is C21H20FN3OS. The van der Waals surface area contributed by atoms with Crippen molar-refractivity contribution in [3.63, 3.8) is 0 Å². The zero-order valence-corrected chi connectivity index (χ0v) is 15.8. The van der Waals surface area contributed by atoms with Gasteiger partial charge < -0.3 is 11.1 Å². The highest BCUT2D eigenvalue weighted by Gasteiger charge is 2.30. The number of anilines is 1. The smallest absolute Gasteiger partial charge is 0.162 e. The Hall–Kier alpha value is -2.62. The van der Waals surface area contributed by atoms with Gasteiger partial charge in [-0.1, -0.05) is 18.2 Å². The summed E-state index contributed by atoms with van der Waals surface area (Å²) < 4.78 is 12.9. The lowest BCUT2D eigenvalue weighted by molar-refractivity contribution is -0.115. The number of benzene rings is 2. The summed E-state index contributed by atoms with van der Waals surface area (Å²) in [5.74, 6) is 0.0167. The fraction of sp³-hybridized carbons (Fsp3) is 0.238. The topological polar surface area (TPSA) is 78.9 Å². The van der Waals surface area contributed by atoms with Crippen molar-refractivity contribution < 1.29 is 9.18 Å². The van der Waals surface area contributed by atoms with Crippen LogP contribution in [0.3, 0.4) is 0 Å². The molecule has 1 unspecified atom stereocenters. The SMILES string of the molecule is CSc1cc(C#N)ccc1C(N)C1=C(Nc2cccc(CF)c2)CCC1=O. The molecule has 2 aromatic rings. The number of hydrogen-bond donors (Lipinski definition) is 2. The van der Waals surface area contributed by atoms with Crippen LogP contribution in [0, 0.1) is 11.3 Å². The molecule has 138 valence electrons. The van der Waals surface area contributed by atoms with Crippen molar-refractivity contribution >= 4 is 23.2 Å². The zero-order valence-electron chi connectivity index (χ0n) is 15.0. The number of thioether (sulfide) groups is 1. The third kappa shape index (κ3) is 4.05. The van der Waals surface area contributed by atoms with Gasteiger partial charge in [0.25, 0.3) is 0 Å². The fourth-order valence-electron chi connectivity index (χ4n) is 3.27. The first-order valence-corrected chi connectivity index (χ1v) is 9.81. The standard InChI is InChI=1S/C21H20FN3OS/c1-27-19-10-14(12-23)5-6-16(19)21(24)20-17(7-8-18(20)26)25-15-4-2-3-13(9-15)11-22/h2-6,9-10,21,25H,7-8,11,24H2,1H3. The summed E-state index contributed by atoms with van der Waals surface area (Å²) in [5.41, 5.74) is 10.5. The second kappa shape index (κ2) is 8.38.